The van der Waals surface area contributed by atoms with E-state index in [1.54, 1.807) is 0 Å². The van der Waals surface area contributed by atoms with E-state index >= 15 is 0 Å². The van der Waals surface area contributed by atoms with Gasteiger partial charge in [0.2, 0.25) is 17.5 Å². The molecule has 9 unspecified atom stereocenters. The number of benzene rings is 2. The molecule has 13 N–H and O–H groups in total. The normalized spacial score (nSPS) is 37.3. The molecule has 21 heteroatoms. The summed E-state index contributed by atoms with van der Waals surface area (Å²) in [6.45, 7) is -0.219. The number of aliphatic hydroxyl groups is 9. The predicted molar refractivity (Wildman–Crippen MR) is 173 cm³/mol. The monoisotopic (exact) mass is 772 g/mol. The number of aliphatic hydroxyl groups excluding tert-OH is 9. The molecule has 1 aromatic heterocycles. The molecule has 0 radical (unpaired) electrons. The topological polar surface area (TPSA) is 349 Å². The van der Waals surface area contributed by atoms with Crippen LogP contribution in [0.3, 0.4) is 0 Å². The van der Waals surface area contributed by atoms with Crippen LogP contribution in [-0.4, -0.2) is 172 Å². The van der Waals surface area contributed by atoms with Gasteiger partial charge in [-0.15, -0.1) is 0 Å². The first-order valence-corrected chi connectivity index (χ1v) is 16.5. The average Bonchev–Trinajstić information content (AvgIpc) is 3.13. The van der Waals surface area contributed by atoms with Crippen molar-refractivity contribution in [3.8, 4) is 40.1 Å². The lowest BCUT2D eigenvalue weighted by atomic mass is 9.96. The van der Waals surface area contributed by atoms with Crippen LogP contribution < -0.4 is 10.2 Å². The Bertz CT molecular complexity index is 1850. The number of phenolic OH excluding ortho intramolecular Hbond substituents is 4. The van der Waals surface area contributed by atoms with E-state index in [9.17, 15) is 71.2 Å². The van der Waals surface area contributed by atoms with Crippen LogP contribution in [0.15, 0.2) is 39.5 Å². The van der Waals surface area contributed by atoms with Gasteiger partial charge in [-0.2, -0.15) is 0 Å². The molecule has 3 saturated heterocycles. The van der Waals surface area contributed by atoms with Crippen LogP contribution in [0, 0.1) is 0 Å². The first-order valence-electron chi connectivity index (χ1n) is 16.5. The van der Waals surface area contributed by atoms with E-state index in [4.69, 9.17) is 32.8 Å². The van der Waals surface area contributed by atoms with E-state index in [1.165, 1.54) is 13.0 Å². The summed E-state index contributed by atoms with van der Waals surface area (Å²) in [6, 6.07) is 5.04. The Balaban J connectivity index is 1.37. The lowest BCUT2D eigenvalue weighted by Crippen LogP contribution is -2.65. The second-order valence-corrected chi connectivity index (χ2v) is 13.1. The van der Waals surface area contributed by atoms with Crippen LogP contribution in [0.4, 0.5) is 0 Å². The van der Waals surface area contributed by atoms with Crippen molar-refractivity contribution >= 4 is 11.0 Å². The zero-order valence-electron chi connectivity index (χ0n) is 28.0. The molecule has 3 aliphatic heterocycles. The maximum absolute atomic E-state index is 13.9. The highest BCUT2D eigenvalue weighted by atomic mass is 16.8. The second-order valence-electron chi connectivity index (χ2n) is 13.1. The van der Waals surface area contributed by atoms with E-state index < -0.39 is 151 Å². The molecule has 3 aromatic rings. The van der Waals surface area contributed by atoms with E-state index in [0.29, 0.717) is 0 Å². The standard InChI is InChI=1S/C33H40O21/c1-9-19(39)22(42)25(45)31(49-9)48-8-17-29(53-32-26(46)23(43)20(40)16(7-34)51-32)24(44)27(47)33(52-17)54-30-21(41)18-14(38)5-11(35)6-15(18)50-28(30)10-2-3-12(36)13(37)4-10/h2-6,9,16-17,19-20,22-27,29,31-40,42-47H,7-8H2,1H3/t9?,16?,17?,19-,20+,22?,23?,24?,25?,26?,27?,29+,31+,32+,33-/m0/s1. The summed E-state index contributed by atoms with van der Waals surface area (Å²) in [5, 5.41) is 134. The van der Waals surface area contributed by atoms with Gasteiger partial charge in [-0.3, -0.25) is 4.79 Å². The van der Waals surface area contributed by atoms with Gasteiger partial charge in [-0.1, -0.05) is 0 Å². The molecule has 0 bridgehead atoms. The zero-order chi connectivity index (χ0) is 39.3. The minimum atomic E-state index is -2.16. The fourth-order valence-corrected chi connectivity index (χ4v) is 6.33. The molecule has 0 saturated carbocycles. The summed E-state index contributed by atoms with van der Waals surface area (Å²) in [7, 11) is 0. The van der Waals surface area contributed by atoms with Crippen LogP contribution in [0.5, 0.6) is 28.7 Å². The van der Waals surface area contributed by atoms with Crippen LogP contribution >= 0.6 is 0 Å². The van der Waals surface area contributed by atoms with E-state index in [1.807, 2.05) is 0 Å². The number of hydrogen-bond acceptors (Lipinski definition) is 21. The van der Waals surface area contributed by atoms with Gasteiger partial charge in [0, 0.05) is 17.7 Å². The van der Waals surface area contributed by atoms with Crippen molar-refractivity contribution in [3.05, 3.63) is 40.6 Å². The molecule has 54 heavy (non-hydrogen) atoms. The number of hydrogen-bond donors (Lipinski definition) is 13. The van der Waals surface area contributed by atoms with Crippen LogP contribution in [0.1, 0.15) is 6.92 Å². The minimum absolute atomic E-state index is 0.102. The van der Waals surface area contributed by atoms with Crippen molar-refractivity contribution in [2.75, 3.05) is 13.2 Å². The molecule has 0 aliphatic carbocycles. The third kappa shape index (κ3) is 7.39. The van der Waals surface area contributed by atoms with Gasteiger partial charge in [0.1, 0.15) is 89.6 Å². The molecule has 0 amide bonds. The SMILES string of the molecule is CC1O[C@@H](OCC2O[C@@H](Oc3c(-c4ccc(O)c(O)c4)oc4cc(O)cc(O)c4c3=O)C(O)C(O)[C@@H]2O[C@H]2OC(CO)[C@@H](O)C(O)C2O)C(O)C(O)[C@H]1O. The van der Waals surface area contributed by atoms with Gasteiger partial charge in [-0.25, -0.2) is 0 Å². The van der Waals surface area contributed by atoms with E-state index in [-0.39, 0.29) is 11.1 Å². The van der Waals surface area contributed by atoms with Gasteiger partial charge < -0.3 is 99.2 Å². The Labute approximate surface area is 303 Å². The number of phenols is 4. The predicted octanol–water partition coefficient (Wildman–Crippen LogP) is -3.86. The number of rotatable bonds is 9. The molecular weight excluding hydrogens is 732 g/mol. The highest BCUT2D eigenvalue weighted by Crippen LogP contribution is 2.40. The molecule has 3 fully saturated rings. The number of ether oxygens (including phenoxy) is 6. The van der Waals surface area contributed by atoms with E-state index in [0.717, 1.165) is 24.3 Å². The number of aromatic hydroxyl groups is 4. The van der Waals surface area contributed by atoms with Crippen molar-refractivity contribution in [2.24, 2.45) is 0 Å². The highest BCUT2D eigenvalue weighted by molar-refractivity contribution is 5.88. The van der Waals surface area contributed by atoms with Crippen LogP contribution in [0.25, 0.3) is 22.3 Å². The third-order valence-electron chi connectivity index (χ3n) is 9.40. The lowest BCUT2D eigenvalue weighted by Gasteiger charge is -2.46. The Morgan fingerprint density at radius 3 is 2.00 bits per heavy atom. The molecule has 3 aliphatic rings. The van der Waals surface area contributed by atoms with Crippen molar-refractivity contribution in [1.29, 1.82) is 0 Å². The smallest absolute Gasteiger partial charge is 0.239 e. The van der Waals surface area contributed by atoms with Crippen molar-refractivity contribution in [3.63, 3.8) is 0 Å². The molecule has 15 atom stereocenters. The highest BCUT2D eigenvalue weighted by Gasteiger charge is 2.52. The van der Waals surface area contributed by atoms with Gasteiger partial charge >= 0.3 is 0 Å². The van der Waals surface area contributed by atoms with Gasteiger partial charge in [0.15, 0.2) is 29.8 Å². The van der Waals surface area contributed by atoms with E-state index in [2.05, 4.69) is 0 Å². The summed E-state index contributed by atoms with van der Waals surface area (Å²) in [5.74, 6) is -3.72. The Morgan fingerprint density at radius 1 is 0.667 bits per heavy atom. The van der Waals surface area contributed by atoms with Gasteiger partial charge in [-0.05, 0) is 25.1 Å². The Hall–Kier alpha value is -3.91. The maximum Gasteiger partial charge on any atom is 0.239 e. The maximum atomic E-state index is 13.9. The van der Waals surface area contributed by atoms with Gasteiger partial charge in [0.25, 0.3) is 0 Å². The molecule has 21 nitrogen and oxygen atoms in total. The fourth-order valence-electron chi connectivity index (χ4n) is 6.33. The largest absolute Gasteiger partial charge is 0.508 e. The molecule has 4 heterocycles. The molecule has 2 aromatic carbocycles. The Morgan fingerprint density at radius 2 is 1.31 bits per heavy atom. The molecular formula is C33H40O21. The fraction of sp³-hybridized carbons (Fsp3) is 0.545. The zero-order valence-corrected chi connectivity index (χ0v) is 28.0. The first-order chi connectivity index (χ1) is 25.5. The third-order valence-corrected chi connectivity index (χ3v) is 9.40. The summed E-state index contributed by atoms with van der Waals surface area (Å²) in [6.07, 6.45) is -26.5. The van der Waals surface area contributed by atoms with Crippen LogP contribution in [-0.2, 0) is 23.7 Å². The van der Waals surface area contributed by atoms with Crippen molar-refractivity contribution in [2.45, 2.75) is 99.0 Å². The molecule has 0 spiro atoms. The minimum Gasteiger partial charge on any atom is -0.508 e. The number of fused-ring (bicyclic) bond motifs is 1. The average molecular weight is 773 g/mol. The summed E-state index contributed by atoms with van der Waals surface area (Å²) in [4.78, 5) is 13.9. The molecule has 6 rings (SSSR count). The second kappa shape index (κ2) is 15.7. The summed E-state index contributed by atoms with van der Waals surface area (Å²) in [5.41, 5.74) is -1.56. The van der Waals surface area contributed by atoms with Crippen molar-refractivity contribution in [1.82, 2.24) is 0 Å². The summed E-state index contributed by atoms with van der Waals surface area (Å²) >= 11 is 0. The Kier molecular flexibility index (Phi) is 11.5. The van der Waals surface area contributed by atoms with Crippen LogP contribution in [0.2, 0.25) is 0 Å². The first kappa shape index (κ1) is 39.8. The van der Waals surface area contributed by atoms with Crippen molar-refractivity contribution < 1.29 is 99.2 Å². The quantitative estimate of drug-likeness (QED) is 0.0925. The lowest BCUT2D eigenvalue weighted by molar-refractivity contribution is -0.359. The molecule has 298 valence electrons. The van der Waals surface area contributed by atoms with Gasteiger partial charge in [0.05, 0.1) is 19.3 Å². The summed E-state index contributed by atoms with van der Waals surface area (Å²) < 4.78 is 39.8.